The predicted octanol–water partition coefficient (Wildman–Crippen LogP) is 4.79. The average molecular weight is 439 g/mol. The maximum atomic E-state index is 13.1. The number of nitrogens with one attached hydrogen (secondary N) is 1. The van der Waals surface area contributed by atoms with Crippen molar-refractivity contribution in [2.24, 2.45) is 5.10 Å². The van der Waals surface area contributed by atoms with Crippen LogP contribution in [0.5, 0.6) is 17.2 Å². The first-order chi connectivity index (χ1) is 16.2. The molecule has 1 aliphatic rings. The van der Waals surface area contributed by atoms with Crippen LogP contribution in [0.4, 0.5) is 0 Å². The highest BCUT2D eigenvalue weighted by Crippen LogP contribution is 2.33. The largest absolute Gasteiger partial charge is 0.493 e. The number of amides is 1. The molecule has 0 fully saturated rings. The van der Waals surface area contributed by atoms with Gasteiger partial charge in [-0.2, -0.15) is 5.10 Å². The fourth-order valence-electron chi connectivity index (χ4n) is 3.68. The molecule has 0 spiro atoms. The third kappa shape index (κ3) is 4.21. The molecule has 1 amide bonds. The lowest BCUT2D eigenvalue weighted by Crippen LogP contribution is -2.18. The van der Waals surface area contributed by atoms with Crippen molar-refractivity contribution >= 4 is 23.0 Å². The van der Waals surface area contributed by atoms with E-state index in [-0.39, 0.29) is 12.7 Å². The van der Waals surface area contributed by atoms with Crippen molar-refractivity contribution in [2.45, 2.75) is 6.92 Å². The van der Waals surface area contributed by atoms with Gasteiger partial charge in [-0.05, 0) is 55.0 Å². The van der Waals surface area contributed by atoms with Crippen LogP contribution >= 0.6 is 0 Å². The van der Waals surface area contributed by atoms with Crippen molar-refractivity contribution < 1.29 is 19.0 Å². The number of nitrogens with zero attached hydrogens (tertiary/aromatic N) is 2. The number of rotatable bonds is 6. The lowest BCUT2D eigenvalue weighted by molar-refractivity contribution is 0.0956. The second kappa shape index (κ2) is 9.00. The van der Waals surface area contributed by atoms with Gasteiger partial charge in [0, 0.05) is 10.9 Å². The second-order valence-electron chi connectivity index (χ2n) is 7.31. The average Bonchev–Trinajstić information content (AvgIpc) is 3.32. The number of benzene rings is 3. The molecule has 7 heteroatoms. The Kier molecular flexibility index (Phi) is 5.59. The molecule has 0 radical (unpaired) electrons. The standard InChI is InChI=1S/C26H21N3O4/c1-2-31-23-10-6-4-8-19(23)22-14-20(18-7-3-5-9-21(18)28-22)26(30)29-27-15-17-11-12-24-25(13-17)33-16-32-24/h3-15H,2,16H2,1H3,(H,29,30)/b27-15+. The number of aromatic nitrogens is 1. The molecule has 5 rings (SSSR count). The predicted molar refractivity (Wildman–Crippen MR) is 126 cm³/mol. The van der Waals surface area contributed by atoms with Crippen molar-refractivity contribution in [3.05, 3.63) is 83.9 Å². The summed E-state index contributed by atoms with van der Waals surface area (Å²) in [6.07, 6.45) is 1.56. The lowest BCUT2D eigenvalue weighted by atomic mass is 10.0. The van der Waals surface area contributed by atoms with Crippen LogP contribution in [0.25, 0.3) is 22.2 Å². The Morgan fingerprint density at radius 2 is 1.88 bits per heavy atom. The van der Waals surface area contributed by atoms with Gasteiger partial charge in [-0.25, -0.2) is 10.4 Å². The third-order valence-corrected chi connectivity index (χ3v) is 5.20. The van der Waals surface area contributed by atoms with Gasteiger partial charge in [-0.15, -0.1) is 0 Å². The fraction of sp³-hybridized carbons (Fsp3) is 0.115. The van der Waals surface area contributed by atoms with Gasteiger partial charge < -0.3 is 14.2 Å². The molecule has 0 atom stereocenters. The SMILES string of the molecule is CCOc1ccccc1-c1cc(C(=O)N/N=C/c2ccc3c(c2)OCO3)c2ccccc2n1. The van der Waals surface area contributed by atoms with Crippen LogP contribution in [-0.2, 0) is 0 Å². The maximum Gasteiger partial charge on any atom is 0.272 e. The van der Waals surface area contributed by atoms with E-state index >= 15 is 0 Å². The van der Waals surface area contributed by atoms with Crippen LogP contribution in [0.15, 0.2) is 77.9 Å². The highest BCUT2D eigenvalue weighted by Gasteiger charge is 2.16. The molecule has 33 heavy (non-hydrogen) atoms. The van der Waals surface area contributed by atoms with Gasteiger partial charge in [0.2, 0.25) is 6.79 Å². The quantitative estimate of drug-likeness (QED) is 0.345. The lowest BCUT2D eigenvalue weighted by Gasteiger charge is -2.12. The van der Waals surface area contributed by atoms with Gasteiger partial charge in [0.1, 0.15) is 5.75 Å². The van der Waals surface area contributed by atoms with Crippen molar-refractivity contribution in [1.29, 1.82) is 0 Å². The first-order valence-corrected chi connectivity index (χ1v) is 10.6. The molecule has 0 unspecified atom stereocenters. The van der Waals surface area contributed by atoms with Crippen LogP contribution in [0.3, 0.4) is 0 Å². The Labute approximate surface area is 190 Å². The van der Waals surface area contributed by atoms with Crippen LogP contribution in [0, 0.1) is 0 Å². The van der Waals surface area contributed by atoms with Gasteiger partial charge in [-0.1, -0.05) is 30.3 Å². The van der Waals surface area contributed by atoms with E-state index in [1.807, 2.05) is 73.7 Å². The minimum atomic E-state index is -0.333. The van der Waals surface area contributed by atoms with Gasteiger partial charge >= 0.3 is 0 Å². The Hall–Kier alpha value is -4.39. The van der Waals surface area contributed by atoms with Gasteiger partial charge in [-0.3, -0.25) is 4.79 Å². The summed E-state index contributed by atoms with van der Waals surface area (Å²) >= 11 is 0. The van der Waals surface area contributed by atoms with E-state index in [9.17, 15) is 4.79 Å². The number of carbonyl (C=O) groups excluding carboxylic acids is 1. The minimum absolute atomic E-state index is 0.205. The second-order valence-corrected chi connectivity index (χ2v) is 7.31. The number of hydrazone groups is 1. The molecule has 1 aromatic heterocycles. The number of para-hydroxylation sites is 2. The summed E-state index contributed by atoms with van der Waals surface area (Å²) in [6.45, 7) is 2.67. The van der Waals surface area contributed by atoms with Crippen molar-refractivity contribution in [3.8, 4) is 28.5 Å². The molecule has 7 nitrogen and oxygen atoms in total. The summed E-state index contributed by atoms with van der Waals surface area (Å²) < 4.78 is 16.5. The Morgan fingerprint density at radius 1 is 1.06 bits per heavy atom. The van der Waals surface area contributed by atoms with E-state index in [0.29, 0.717) is 34.9 Å². The summed E-state index contributed by atoms with van der Waals surface area (Å²) in [5.74, 6) is 1.73. The van der Waals surface area contributed by atoms with Gasteiger partial charge in [0.15, 0.2) is 11.5 Å². The molecule has 0 aliphatic carbocycles. The van der Waals surface area contributed by atoms with E-state index in [1.54, 1.807) is 12.3 Å². The number of carbonyl (C=O) groups is 1. The molecule has 0 saturated carbocycles. The summed E-state index contributed by atoms with van der Waals surface area (Å²) in [5, 5.41) is 4.88. The van der Waals surface area contributed by atoms with Crippen molar-refractivity contribution in [2.75, 3.05) is 13.4 Å². The van der Waals surface area contributed by atoms with E-state index in [2.05, 4.69) is 10.5 Å². The van der Waals surface area contributed by atoms with Crippen LogP contribution in [0.1, 0.15) is 22.8 Å². The maximum absolute atomic E-state index is 13.1. The van der Waals surface area contributed by atoms with Crippen LogP contribution < -0.4 is 19.6 Å². The summed E-state index contributed by atoms with van der Waals surface area (Å²) in [6, 6.07) is 22.4. The van der Waals surface area contributed by atoms with Crippen molar-refractivity contribution in [1.82, 2.24) is 10.4 Å². The molecule has 1 aliphatic heterocycles. The van der Waals surface area contributed by atoms with Crippen LogP contribution in [-0.4, -0.2) is 30.5 Å². The topological polar surface area (TPSA) is 82.0 Å². The molecule has 164 valence electrons. The number of hydrogen-bond donors (Lipinski definition) is 1. The number of fused-ring (bicyclic) bond motifs is 2. The molecule has 2 heterocycles. The molecular formula is C26H21N3O4. The Morgan fingerprint density at radius 3 is 2.79 bits per heavy atom. The number of hydrogen-bond acceptors (Lipinski definition) is 6. The van der Waals surface area contributed by atoms with Crippen LogP contribution in [0.2, 0.25) is 0 Å². The highest BCUT2D eigenvalue weighted by molar-refractivity contribution is 6.07. The van der Waals surface area contributed by atoms with E-state index in [0.717, 1.165) is 22.3 Å². The smallest absolute Gasteiger partial charge is 0.272 e. The first kappa shape index (κ1) is 20.5. The highest BCUT2D eigenvalue weighted by atomic mass is 16.7. The zero-order valence-electron chi connectivity index (χ0n) is 17.9. The van der Waals surface area contributed by atoms with E-state index < -0.39 is 0 Å². The Bertz CT molecular complexity index is 1370. The molecule has 3 aromatic carbocycles. The normalized spacial score (nSPS) is 12.3. The minimum Gasteiger partial charge on any atom is -0.493 e. The number of pyridine rings is 1. The number of ether oxygens (including phenoxy) is 3. The zero-order chi connectivity index (χ0) is 22.6. The molecule has 0 saturated heterocycles. The summed E-state index contributed by atoms with van der Waals surface area (Å²) in [7, 11) is 0. The van der Waals surface area contributed by atoms with Gasteiger partial charge in [0.25, 0.3) is 5.91 Å². The van der Waals surface area contributed by atoms with Gasteiger partial charge in [0.05, 0.1) is 29.6 Å². The zero-order valence-corrected chi connectivity index (χ0v) is 17.9. The van der Waals surface area contributed by atoms with E-state index in [4.69, 9.17) is 19.2 Å². The van der Waals surface area contributed by atoms with Crippen molar-refractivity contribution in [3.63, 3.8) is 0 Å². The molecular weight excluding hydrogens is 418 g/mol. The molecule has 1 N–H and O–H groups in total. The fourth-order valence-corrected chi connectivity index (χ4v) is 3.68. The van der Waals surface area contributed by atoms with E-state index in [1.165, 1.54) is 0 Å². The summed E-state index contributed by atoms with van der Waals surface area (Å²) in [4.78, 5) is 17.9. The first-order valence-electron chi connectivity index (χ1n) is 10.6. The molecule has 0 bridgehead atoms. The monoisotopic (exact) mass is 439 g/mol. The Balaban J connectivity index is 1.46. The third-order valence-electron chi connectivity index (χ3n) is 5.20. The molecule has 4 aromatic rings. The summed E-state index contributed by atoms with van der Waals surface area (Å²) in [5.41, 5.74) is 6.08.